The van der Waals surface area contributed by atoms with Crippen molar-refractivity contribution >= 4 is 23.2 Å². The number of benzene rings is 1. The fourth-order valence-electron chi connectivity index (χ4n) is 4.37. The zero-order chi connectivity index (χ0) is 20.0. The first-order valence-corrected chi connectivity index (χ1v) is 9.97. The number of pyridine rings is 1. The average Bonchev–Trinajstić information content (AvgIpc) is 3.38. The second kappa shape index (κ2) is 6.88. The number of carbonyl (C=O) groups excluding carboxylic acids is 2. The van der Waals surface area contributed by atoms with Crippen LogP contribution in [0.3, 0.4) is 0 Å². The van der Waals surface area contributed by atoms with Gasteiger partial charge in [0.25, 0.3) is 11.8 Å². The van der Waals surface area contributed by atoms with E-state index < -0.39 is 0 Å². The summed E-state index contributed by atoms with van der Waals surface area (Å²) in [7, 11) is 0. The number of nitrogens with one attached hydrogen (secondary N) is 1. The van der Waals surface area contributed by atoms with Gasteiger partial charge in [0.1, 0.15) is 5.69 Å². The van der Waals surface area contributed by atoms with Crippen molar-refractivity contribution in [3.8, 4) is 0 Å². The Kier molecular flexibility index (Phi) is 4.19. The lowest BCUT2D eigenvalue weighted by atomic mass is 10.1. The highest BCUT2D eigenvalue weighted by molar-refractivity contribution is 6.16. The lowest BCUT2D eigenvalue weighted by Gasteiger charge is -2.33. The maximum Gasteiger partial charge on any atom is 0.275 e. The van der Waals surface area contributed by atoms with Crippen LogP contribution in [0.1, 0.15) is 51.4 Å². The average molecular weight is 386 g/mol. The number of amides is 2. The predicted octanol–water partition coefficient (Wildman–Crippen LogP) is 3.85. The van der Waals surface area contributed by atoms with E-state index in [1.54, 1.807) is 35.5 Å². The molecule has 0 bridgehead atoms. The molecule has 1 N–H and O–H groups in total. The van der Waals surface area contributed by atoms with E-state index in [1.165, 1.54) is 17.5 Å². The maximum absolute atomic E-state index is 13.4. The molecule has 0 saturated carbocycles. The smallest absolute Gasteiger partial charge is 0.275 e. The lowest BCUT2D eigenvalue weighted by molar-refractivity contribution is 0.0942. The van der Waals surface area contributed by atoms with Gasteiger partial charge in [-0.1, -0.05) is 6.07 Å². The van der Waals surface area contributed by atoms with Crippen LogP contribution in [0.15, 0.2) is 55.0 Å². The molecule has 0 spiro atoms. The second-order valence-corrected chi connectivity index (χ2v) is 7.75. The molecule has 2 amide bonds. The number of hydrogen-bond acceptors (Lipinski definition) is 3. The molecule has 1 aliphatic carbocycles. The molecule has 1 aliphatic heterocycles. The van der Waals surface area contributed by atoms with Crippen molar-refractivity contribution in [2.45, 2.75) is 32.2 Å². The fourth-order valence-corrected chi connectivity index (χ4v) is 4.37. The molecular weight excluding hydrogens is 364 g/mol. The number of carbonyl (C=O) groups is 2. The molecule has 29 heavy (non-hydrogen) atoms. The summed E-state index contributed by atoms with van der Waals surface area (Å²) in [6, 6.07) is 11.6. The summed E-state index contributed by atoms with van der Waals surface area (Å²) in [5, 5.41) is 2.83. The first-order chi connectivity index (χ1) is 14.1. The molecule has 2 aliphatic rings. The van der Waals surface area contributed by atoms with Crippen molar-refractivity contribution in [1.82, 2.24) is 9.55 Å². The van der Waals surface area contributed by atoms with Crippen LogP contribution >= 0.6 is 0 Å². The number of anilines is 2. The summed E-state index contributed by atoms with van der Waals surface area (Å²) in [6.07, 6.45) is 8.41. The standard InChI is InChI=1S/C23H22N4O2/c1-15-14-27(19-8-7-16-4-2-5-17(16)12-19)23(29)21-20(9-11-26(15)21)22(28)25-18-6-3-10-24-13-18/h3,6-13,15H,2,4-5,14H2,1H3,(H,25,28)/t15-/m0/s1. The predicted molar refractivity (Wildman–Crippen MR) is 111 cm³/mol. The summed E-state index contributed by atoms with van der Waals surface area (Å²) in [5.41, 5.74) is 5.05. The minimum atomic E-state index is -0.303. The van der Waals surface area contributed by atoms with E-state index >= 15 is 0 Å². The molecule has 5 rings (SSSR count). The van der Waals surface area contributed by atoms with Gasteiger partial charge in [-0.15, -0.1) is 0 Å². The Morgan fingerprint density at radius 2 is 2.03 bits per heavy atom. The highest BCUT2D eigenvalue weighted by atomic mass is 16.2. The first kappa shape index (κ1) is 17.7. The number of aromatic nitrogens is 2. The van der Waals surface area contributed by atoms with Crippen molar-refractivity contribution < 1.29 is 9.59 Å². The normalized spacial score (nSPS) is 17.8. The Morgan fingerprint density at radius 3 is 2.86 bits per heavy atom. The van der Waals surface area contributed by atoms with E-state index in [9.17, 15) is 9.59 Å². The van der Waals surface area contributed by atoms with Gasteiger partial charge in [0.15, 0.2) is 0 Å². The van der Waals surface area contributed by atoms with Gasteiger partial charge in [0.2, 0.25) is 0 Å². The number of rotatable bonds is 3. The van der Waals surface area contributed by atoms with Crippen molar-refractivity contribution in [2.75, 3.05) is 16.8 Å². The van der Waals surface area contributed by atoms with E-state index in [0.717, 1.165) is 18.5 Å². The topological polar surface area (TPSA) is 67.2 Å². The van der Waals surface area contributed by atoms with E-state index in [0.29, 0.717) is 23.5 Å². The molecule has 6 nitrogen and oxygen atoms in total. The zero-order valence-corrected chi connectivity index (χ0v) is 16.3. The van der Waals surface area contributed by atoms with E-state index in [1.807, 2.05) is 16.8 Å². The molecule has 0 radical (unpaired) electrons. The summed E-state index contributed by atoms with van der Waals surface area (Å²) in [4.78, 5) is 32.1. The molecule has 1 atom stereocenters. The van der Waals surface area contributed by atoms with Crippen molar-refractivity contribution in [1.29, 1.82) is 0 Å². The van der Waals surface area contributed by atoms with E-state index in [4.69, 9.17) is 0 Å². The van der Waals surface area contributed by atoms with Crippen LogP contribution in [0.25, 0.3) is 0 Å². The Balaban J connectivity index is 1.49. The van der Waals surface area contributed by atoms with Crippen LogP contribution in [-0.2, 0) is 12.8 Å². The summed E-state index contributed by atoms with van der Waals surface area (Å²) in [6.45, 7) is 2.65. The highest BCUT2D eigenvalue weighted by Gasteiger charge is 2.34. The van der Waals surface area contributed by atoms with Gasteiger partial charge in [0.05, 0.1) is 17.4 Å². The molecule has 3 aromatic rings. The van der Waals surface area contributed by atoms with E-state index in [2.05, 4.69) is 29.4 Å². The summed E-state index contributed by atoms with van der Waals surface area (Å²) >= 11 is 0. The largest absolute Gasteiger partial charge is 0.338 e. The second-order valence-electron chi connectivity index (χ2n) is 7.75. The Hall–Kier alpha value is -3.41. The molecule has 0 unspecified atom stereocenters. The van der Waals surface area contributed by atoms with Gasteiger partial charge in [-0.2, -0.15) is 0 Å². The van der Waals surface area contributed by atoms with Gasteiger partial charge < -0.3 is 14.8 Å². The van der Waals surface area contributed by atoms with Gasteiger partial charge in [-0.3, -0.25) is 14.6 Å². The monoisotopic (exact) mass is 386 g/mol. The number of nitrogens with zero attached hydrogens (tertiary/aromatic N) is 3. The SMILES string of the molecule is C[C@H]1CN(c2ccc3c(c2)CCC3)C(=O)c2c(C(=O)Nc3cccnc3)ccn21. The lowest BCUT2D eigenvalue weighted by Crippen LogP contribution is -2.43. The Labute approximate surface area is 169 Å². The molecule has 0 saturated heterocycles. The third-order valence-electron chi connectivity index (χ3n) is 5.84. The van der Waals surface area contributed by atoms with Gasteiger partial charge in [0, 0.05) is 30.7 Å². The number of hydrogen-bond donors (Lipinski definition) is 1. The molecule has 1 aromatic carbocycles. The maximum atomic E-state index is 13.4. The molecule has 3 heterocycles. The van der Waals surface area contributed by atoms with Crippen LogP contribution in [0.2, 0.25) is 0 Å². The number of fused-ring (bicyclic) bond motifs is 2. The number of aryl methyl sites for hydroxylation is 2. The fraction of sp³-hybridized carbons (Fsp3) is 0.261. The molecule has 146 valence electrons. The first-order valence-electron chi connectivity index (χ1n) is 9.97. The highest BCUT2D eigenvalue weighted by Crippen LogP contribution is 2.32. The minimum absolute atomic E-state index is 0.0795. The van der Waals surface area contributed by atoms with Crippen LogP contribution in [0.5, 0.6) is 0 Å². The molecular formula is C23H22N4O2. The summed E-state index contributed by atoms with van der Waals surface area (Å²) < 4.78 is 1.91. The van der Waals surface area contributed by atoms with Crippen LogP contribution in [-0.4, -0.2) is 27.9 Å². The summed E-state index contributed by atoms with van der Waals surface area (Å²) in [5.74, 6) is -0.439. The van der Waals surface area contributed by atoms with E-state index in [-0.39, 0.29) is 17.9 Å². The Bertz CT molecular complexity index is 1100. The zero-order valence-electron chi connectivity index (χ0n) is 16.3. The minimum Gasteiger partial charge on any atom is -0.338 e. The van der Waals surface area contributed by atoms with Gasteiger partial charge in [-0.25, -0.2) is 0 Å². The molecule has 0 fully saturated rings. The van der Waals surface area contributed by atoms with Crippen molar-refractivity contribution in [3.63, 3.8) is 0 Å². The van der Waals surface area contributed by atoms with Crippen LogP contribution in [0, 0.1) is 0 Å². The Morgan fingerprint density at radius 1 is 1.17 bits per heavy atom. The van der Waals surface area contributed by atoms with Crippen molar-refractivity contribution in [2.24, 2.45) is 0 Å². The van der Waals surface area contributed by atoms with Gasteiger partial charge in [-0.05, 0) is 67.6 Å². The quantitative estimate of drug-likeness (QED) is 0.744. The van der Waals surface area contributed by atoms with Gasteiger partial charge >= 0.3 is 0 Å². The third-order valence-corrected chi connectivity index (χ3v) is 5.84. The molecule has 6 heteroatoms. The van der Waals surface area contributed by atoms with Crippen LogP contribution < -0.4 is 10.2 Å². The molecule has 2 aromatic heterocycles. The third kappa shape index (κ3) is 3.01. The van der Waals surface area contributed by atoms with Crippen molar-refractivity contribution in [3.05, 3.63) is 77.4 Å². The van der Waals surface area contributed by atoms with Crippen LogP contribution in [0.4, 0.5) is 11.4 Å².